The Hall–Kier alpha value is -3.07. The maximum Gasteiger partial charge on any atom is 0.281 e. The van der Waals surface area contributed by atoms with Crippen molar-refractivity contribution in [1.29, 1.82) is 0 Å². The fraction of sp³-hybridized carbons (Fsp3) is 0.200. The van der Waals surface area contributed by atoms with Gasteiger partial charge in [0.1, 0.15) is 5.82 Å². The lowest BCUT2D eigenvalue weighted by Crippen LogP contribution is -2.42. The fourth-order valence-corrected chi connectivity index (χ4v) is 4.25. The molecule has 35 heavy (non-hydrogen) atoms. The van der Waals surface area contributed by atoms with Crippen molar-refractivity contribution in [1.82, 2.24) is 0 Å². The highest BCUT2D eigenvalue weighted by Gasteiger charge is 2.53. The van der Waals surface area contributed by atoms with Gasteiger partial charge in [0.15, 0.2) is 5.60 Å². The number of hydrogen-bond acceptors (Lipinski definition) is 3. The molecule has 1 aliphatic rings. The quantitative estimate of drug-likeness (QED) is 0.425. The van der Waals surface area contributed by atoms with Crippen LogP contribution in [0.15, 0.2) is 60.7 Å². The lowest BCUT2D eigenvalue weighted by molar-refractivity contribution is -0.177. The minimum absolute atomic E-state index is 0.0559. The average Bonchev–Trinajstić information content (AvgIpc) is 2.88. The zero-order chi connectivity index (χ0) is 25.5. The summed E-state index contributed by atoms with van der Waals surface area (Å²) in [6.07, 6.45) is -0.763. The molecule has 0 aliphatic carbocycles. The van der Waals surface area contributed by atoms with Gasteiger partial charge in [-0.25, -0.2) is 13.2 Å². The van der Waals surface area contributed by atoms with Gasteiger partial charge in [0.25, 0.3) is 17.7 Å². The summed E-state index contributed by atoms with van der Waals surface area (Å²) < 4.78 is 43.0. The van der Waals surface area contributed by atoms with Gasteiger partial charge in [-0.2, -0.15) is 0 Å². The number of benzene rings is 3. The maximum atomic E-state index is 14.8. The predicted molar refractivity (Wildman–Crippen MR) is 128 cm³/mol. The number of rotatable bonds is 3. The Kier molecular flexibility index (Phi) is 6.57. The number of aliphatic hydroxyl groups is 1. The van der Waals surface area contributed by atoms with Gasteiger partial charge in [0, 0.05) is 34.8 Å². The molecule has 4 rings (SSSR count). The first kappa shape index (κ1) is 25.0. The number of carbonyl (C=O) groups is 2. The number of halogens is 5. The molecule has 0 saturated heterocycles. The van der Waals surface area contributed by atoms with Crippen LogP contribution in [0, 0.1) is 5.82 Å². The van der Waals surface area contributed by atoms with E-state index < -0.39 is 35.6 Å². The van der Waals surface area contributed by atoms with Crippen LogP contribution in [-0.4, -0.2) is 29.4 Å². The van der Waals surface area contributed by atoms with E-state index >= 15 is 0 Å². The van der Waals surface area contributed by atoms with E-state index in [0.717, 1.165) is 19.1 Å². The average molecular weight is 523 g/mol. The van der Waals surface area contributed by atoms with E-state index in [4.69, 9.17) is 23.2 Å². The Balaban J connectivity index is 1.60. The second kappa shape index (κ2) is 9.18. The van der Waals surface area contributed by atoms with Crippen molar-refractivity contribution in [3.63, 3.8) is 0 Å². The van der Waals surface area contributed by atoms with Crippen LogP contribution in [0.5, 0.6) is 0 Å². The molecule has 2 N–H and O–H groups in total. The monoisotopic (exact) mass is 522 g/mol. The highest BCUT2D eigenvalue weighted by molar-refractivity contribution is 6.34. The number of nitrogens with zero attached hydrogens (tertiary/aromatic N) is 1. The standard InChI is InChI=1S/C25H19Cl2F3N2O3/c1-24(35)19-12-15(26)4-9-21(19)32(11-10-25(24,29)30)23(34)14-2-6-17(7-3-14)31-22(33)18-13-16(28)5-8-20(18)27/h2-9,12-13,35H,10-11H2,1H3,(H,31,33)/t24-/m1/s1. The summed E-state index contributed by atoms with van der Waals surface area (Å²) in [5, 5.41) is 13.4. The Morgan fingerprint density at radius 3 is 2.40 bits per heavy atom. The molecule has 1 atom stereocenters. The van der Waals surface area contributed by atoms with E-state index in [-0.39, 0.29) is 39.0 Å². The van der Waals surface area contributed by atoms with Gasteiger partial charge in [0.2, 0.25) is 0 Å². The molecule has 1 aliphatic heterocycles. The molecule has 0 radical (unpaired) electrons. The Morgan fingerprint density at radius 1 is 1.03 bits per heavy atom. The highest BCUT2D eigenvalue weighted by Crippen LogP contribution is 2.47. The van der Waals surface area contributed by atoms with Gasteiger partial charge >= 0.3 is 0 Å². The van der Waals surface area contributed by atoms with Crippen molar-refractivity contribution < 1.29 is 27.9 Å². The first-order valence-corrected chi connectivity index (χ1v) is 11.2. The van der Waals surface area contributed by atoms with Crippen molar-refractivity contribution in [3.05, 3.63) is 93.2 Å². The smallest absolute Gasteiger partial charge is 0.281 e. The summed E-state index contributed by atoms with van der Waals surface area (Å²) in [5.41, 5.74) is -2.15. The lowest BCUT2D eigenvalue weighted by Gasteiger charge is -2.32. The third kappa shape index (κ3) is 4.74. The number of amides is 2. The molecule has 5 nitrogen and oxygen atoms in total. The zero-order valence-corrected chi connectivity index (χ0v) is 19.8. The Bertz CT molecular complexity index is 1310. The number of nitrogens with one attached hydrogen (secondary N) is 1. The van der Waals surface area contributed by atoms with Crippen molar-refractivity contribution in [3.8, 4) is 0 Å². The summed E-state index contributed by atoms with van der Waals surface area (Å²) in [6.45, 7) is 0.658. The molecule has 10 heteroatoms. The van der Waals surface area contributed by atoms with Gasteiger partial charge in [0.05, 0.1) is 16.3 Å². The van der Waals surface area contributed by atoms with E-state index in [9.17, 15) is 27.9 Å². The van der Waals surface area contributed by atoms with Crippen LogP contribution in [0.2, 0.25) is 10.0 Å². The summed E-state index contributed by atoms with van der Waals surface area (Å²) in [5.74, 6) is -5.35. The number of fused-ring (bicyclic) bond motifs is 1. The number of anilines is 2. The zero-order valence-electron chi connectivity index (χ0n) is 18.3. The minimum Gasteiger partial charge on any atom is -0.379 e. The van der Waals surface area contributed by atoms with Crippen molar-refractivity contribution in [2.24, 2.45) is 0 Å². The van der Waals surface area contributed by atoms with E-state index in [0.29, 0.717) is 5.69 Å². The summed E-state index contributed by atoms with van der Waals surface area (Å²) in [7, 11) is 0. The number of carbonyl (C=O) groups excluding carboxylic acids is 2. The van der Waals surface area contributed by atoms with Gasteiger partial charge in [-0.05, 0) is 67.6 Å². The van der Waals surface area contributed by atoms with Crippen molar-refractivity contribution in [2.45, 2.75) is 24.9 Å². The summed E-state index contributed by atoms with van der Waals surface area (Å²) in [4.78, 5) is 26.9. The lowest BCUT2D eigenvalue weighted by atomic mass is 9.87. The highest BCUT2D eigenvalue weighted by atomic mass is 35.5. The summed E-state index contributed by atoms with van der Waals surface area (Å²) >= 11 is 12.0. The van der Waals surface area contributed by atoms with Gasteiger partial charge in [-0.15, -0.1) is 0 Å². The molecule has 3 aromatic rings. The number of hydrogen-bond donors (Lipinski definition) is 2. The second-order valence-corrected chi connectivity index (χ2v) is 9.14. The third-order valence-electron chi connectivity index (χ3n) is 5.94. The van der Waals surface area contributed by atoms with Crippen LogP contribution in [0.4, 0.5) is 24.5 Å². The minimum atomic E-state index is -3.51. The topological polar surface area (TPSA) is 69.6 Å². The molecule has 0 fully saturated rings. The van der Waals surface area contributed by atoms with E-state index in [1.807, 2.05) is 0 Å². The third-order valence-corrected chi connectivity index (χ3v) is 6.51. The van der Waals surface area contributed by atoms with Crippen LogP contribution >= 0.6 is 23.2 Å². The molecule has 3 aromatic carbocycles. The maximum absolute atomic E-state index is 14.8. The molecule has 0 bridgehead atoms. The van der Waals surface area contributed by atoms with Gasteiger partial charge in [-0.1, -0.05) is 23.2 Å². The van der Waals surface area contributed by atoms with Crippen LogP contribution in [0.25, 0.3) is 0 Å². The van der Waals surface area contributed by atoms with Crippen LogP contribution < -0.4 is 10.2 Å². The Morgan fingerprint density at radius 2 is 1.71 bits per heavy atom. The molecule has 1 heterocycles. The van der Waals surface area contributed by atoms with Crippen molar-refractivity contribution in [2.75, 3.05) is 16.8 Å². The molecule has 0 spiro atoms. The Labute approximate surface area is 209 Å². The first-order chi connectivity index (χ1) is 16.4. The molecule has 0 aromatic heterocycles. The van der Waals surface area contributed by atoms with E-state index in [1.54, 1.807) is 0 Å². The largest absolute Gasteiger partial charge is 0.379 e. The van der Waals surface area contributed by atoms with Gasteiger partial charge < -0.3 is 15.3 Å². The van der Waals surface area contributed by atoms with Crippen LogP contribution in [0.3, 0.4) is 0 Å². The van der Waals surface area contributed by atoms with E-state index in [1.165, 1.54) is 53.4 Å². The molecule has 2 amide bonds. The summed E-state index contributed by atoms with van der Waals surface area (Å²) in [6, 6.07) is 13.2. The molecule has 0 saturated carbocycles. The SMILES string of the molecule is C[C@@]1(O)c2cc(Cl)ccc2N(C(=O)c2ccc(NC(=O)c3cc(F)ccc3Cl)cc2)CCC1(F)F. The predicted octanol–water partition coefficient (Wildman–Crippen LogP) is 6.28. The van der Waals surface area contributed by atoms with Crippen molar-refractivity contribution >= 4 is 46.4 Å². The number of alkyl halides is 2. The second-order valence-electron chi connectivity index (χ2n) is 8.30. The van der Waals surface area contributed by atoms with Gasteiger partial charge in [-0.3, -0.25) is 9.59 Å². The molecular formula is C25H19Cl2F3N2O3. The van der Waals surface area contributed by atoms with Crippen LogP contribution in [0.1, 0.15) is 39.6 Å². The molecular weight excluding hydrogens is 504 g/mol. The first-order valence-electron chi connectivity index (χ1n) is 10.5. The molecule has 182 valence electrons. The van der Waals surface area contributed by atoms with E-state index in [2.05, 4.69) is 5.32 Å². The van der Waals surface area contributed by atoms with Crippen LogP contribution in [-0.2, 0) is 5.60 Å². The molecule has 0 unspecified atom stereocenters. The normalized spacial score (nSPS) is 19.0. The fourth-order valence-electron chi connectivity index (χ4n) is 3.88.